The lowest BCUT2D eigenvalue weighted by atomic mass is 10.1. The predicted molar refractivity (Wildman–Crippen MR) is 66.8 cm³/mol. The zero-order valence-electron chi connectivity index (χ0n) is 10.9. The summed E-state index contributed by atoms with van der Waals surface area (Å²) in [6.07, 6.45) is 1.81. The average Bonchev–Trinajstić information content (AvgIpc) is 2.27. The van der Waals surface area contributed by atoms with E-state index in [1.807, 2.05) is 20.8 Å². The zero-order valence-corrected chi connectivity index (χ0v) is 10.9. The number of rotatable bonds is 0. The number of amides is 1. The molecular formula is C12H18N4O2. The molecule has 1 aliphatic heterocycles. The van der Waals surface area contributed by atoms with E-state index >= 15 is 0 Å². The van der Waals surface area contributed by atoms with E-state index in [1.165, 1.54) is 6.33 Å². The number of anilines is 1. The third kappa shape index (κ3) is 2.69. The fourth-order valence-corrected chi connectivity index (χ4v) is 1.85. The van der Waals surface area contributed by atoms with Crippen molar-refractivity contribution in [3.05, 3.63) is 17.6 Å². The minimum Gasteiger partial charge on any atom is -0.444 e. The van der Waals surface area contributed by atoms with Crippen LogP contribution in [0.3, 0.4) is 0 Å². The van der Waals surface area contributed by atoms with Crippen molar-refractivity contribution in [2.24, 2.45) is 0 Å². The Morgan fingerprint density at radius 1 is 1.44 bits per heavy atom. The maximum atomic E-state index is 12.0. The third-order valence-electron chi connectivity index (χ3n) is 2.69. The molecule has 0 atom stereocenters. The second-order valence-electron chi connectivity index (χ2n) is 5.34. The molecule has 2 N–H and O–H groups in total. The number of nitrogens with two attached hydrogens (primary N) is 1. The second kappa shape index (κ2) is 4.44. The molecule has 0 bridgehead atoms. The number of aromatic nitrogens is 2. The van der Waals surface area contributed by atoms with Gasteiger partial charge < -0.3 is 15.4 Å². The lowest BCUT2D eigenvalue weighted by molar-refractivity contribution is 0.0223. The van der Waals surface area contributed by atoms with Gasteiger partial charge in [0.25, 0.3) is 0 Å². The molecule has 0 fully saturated rings. The third-order valence-corrected chi connectivity index (χ3v) is 2.69. The number of nitrogens with zero attached hydrogens (tertiary/aromatic N) is 3. The molecule has 2 heterocycles. The summed E-state index contributed by atoms with van der Waals surface area (Å²) in [6.45, 7) is 6.55. The Morgan fingerprint density at radius 2 is 2.17 bits per heavy atom. The van der Waals surface area contributed by atoms with E-state index in [-0.39, 0.29) is 6.09 Å². The summed E-state index contributed by atoms with van der Waals surface area (Å²) in [5.74, 6) is 0.438. The van der Waals surface area contributed by atoms with E-state index in [2.05, 4.69) is 9.97 Å². The van der Waals surface area contributed by atoms with Crippen LogP contribution in [0.1, 0.15) is 32.0 Å². The fraction of sp³-hybridized carbons (Fsp3) is 0.583. The van der Waals surface area contributed by atoms with Gasteiger partial charge in [-0.15, -0.1) is 0 Å². The molecular weight excluding hydrogens is 232 g/mol. The molecule has 0 aliphatic carbocycles. The van der Waals surface area contributed by atoms with Crippen molar-refractivity contribution in [2.75, 3.05) is 12.3 Å². The van der Waals surface area contributed by atoms with Gasteiger partial charge in [-0.1, -0.05) is 0 Å². The number of hydrogen-bond acceptors (Lipinski definition) is 5. The summed E-state index contributed by atoms with van der Waals surface area (Å²) in [5.41, 5.74) is 7.06. The highest BCUT2D eigenvalue weighted by Crippen LogP contribution is 2.22. The highest BCUT2D eigenvalue weighted by atomic mass is 16.6. The number of fused-ring (bicyclic) bond motifs is 1. The van der Waals surface area contributed by atoms with Gasteiger partial charge in [0.05, 0.1) is 12.2 Å². The van der Waals surface area contributed by atoms with E-state index in [4.69, 9.17) is 10.5 Å². The van der Waals surface area contributed by atoms with E-state index in [0.717, 1.165) is 11.3 Å². The first-order chi connectivity index (χ1) is 8.37. The SMILES string of the molecule is CC(C)(C)OC(=O)N1CCc2ncnc(N)c2C1. The lowest BCUT2D eigenvalue weighted by Gasteiger charge is -2.30. The molecule has 0 spiro atoms. The average molecular weight is 250 g/mol. The van der Waals surface area contributed by atoms with Gasteiger partial charge in [0, 0.05) is 18.5 Å². The van der Waals surface area contributed by atoms with Crippen molar-refractivity contribution in [3.63, 3.8) is 0 Å². The molecule has 6 heteroatoms. The maximum absolute atomic E-state index is 12.0. The first-order valence-corrected chi connectivity index (χ1v) is 5.93. The van der Waals surface area contributed by atoms with E-state index in [1.54, 1.807) is 4.90 Å². The summed E-state index contributed by atoms with van der Waals surface area (Å²) < 4.78 is 5.34. The summed E-state index contributed by atoms with van der Waals surface area (Å²) in [5, 5.41) is 0. The quantitative estimate of drug-likeness (QED) is 0.751. The van der Waals surface area contributed by atoms with Crippen molar-refractivity contribution >= 4 is 11.9 Å². The number of carbonyl (C=O) groups excluding carboxylic acids is 1. The van der Waals surface area contributed by atoms with Crippen LogP contribution in [0, 0.1) is 0 Å². The van der Waals surface area contributed by atoms with Crippen LogP contribution in [0.4, 0.5) is 10.6 Å². The number of ether oxygens (including phenoxy) is 1. The van der Waals surface area contributed by atoms with Gasteiger partial charge in [0.1, 0.15) is 17.7 Å². The number of nitrogen functional groups attached to an aromatic ring is 1. The molecule has 1 aromatic heterocycles. The molecule has 0 saturated heterocycles. The Kier molecular flexibility index (Phi) is 3.11. The van der Waals surface area contributed by atoms with Gasteiger partial charge in [-0.3, -0.25) is 0 Å². The molecule has 98 valence electrons. The molecule has 0 unspecified atom stereocenters. The molecule has 1 aliphatic rings. The normalized spacial score (nSPS) is 15.2. The standard InChI is InChI=1S/C12H18N4O2/c1-12(2,3)18-11(17)16-5-4-9-8(6-16)10(13)15-7-14-9/h7H,4-6H2,1-3H3,(H2,13,14,15). The largest absolute Gasteiger partial charge is 0.444 e. The molecule has 6 nitrogen and oxygen atoms in total. The van der Waals surface area contributed by atoms with E-state index < -0.39 is 5.60 Å². The monoisotopic (exact) mass is 250 g/mol. The highest BCUT2D eigenvalue weighted by molar-refractivity contribution is 5.69. The van der Waals surface area contributed by atoms with Gasteiger partial charge in [0.15, 0.2) is 0 Å². The summed E-state index contributed by atoms with van der Waals surface area (Å²) in [6, 6.07) is 0. The Labute approximate surface area is 106 Å². The predicted octanol–water partition coefficient (Wildman–Crippen LogP) is 1.35. The van der Waals surface area contributed by atoms with Crippen LogP contribution in [-0.2, 0) is 17.7 Å². The van der Waals surface area contributed by atoms with Gasteiger partial charge in [-0.25, -0.2) is 14.8 Å². The van der Waals surface area contributed by atoms with Gasteiger partial charge in [-0.05, 0) is 20.8 Å². The van der Waals surface area contributed by atoms with Crippen LogP contribution >= 0.6 is 0 Å². The first kappa shape index (κ1) is 12.6. The second-order valence-corrected chi connectivity index (χ2v) is 5.34. The van der Waals surface area contributed by atoms with Crippen LogP contribution in [-0.4, -0.2) is 33.1 Å². The molecule has 0 aromatic carbocycles. The number of carbonyl (C=O) groups is 1. The number of hydrogen-bond donors (Lipinski definition) is 1. The van der Waals surface area contributed by atoms with Crippen LogP contribution in [0.2, 0.25) is 0 Å². The zero-order chi connectivity index (χ0) is 13.3. The Balaban J connectivity index is 2.12. The highest BCUT2D eigenvalue weighted by Gasteiger charge is 2.27. The van der Waals surface area contributed by atoms with Crippen molar-refractivity contribution in [2.45, 2.75) is 39.3 Å². The molecule has 0 saturated carbocycles. The molecule has 1 aromatic rings. The van der Waals surface area contributed by atoms with Crippen LogP contribution < -0.4 is 5.73 Å². The Hall–Kier alpha value is -1.85. The summed E-state index contributed by atoms with van der Waals surface area (Å²) in [7, 11) is 0. The fourth-order valence-electron chi connectivity index (χ4n) is 1.85. The lowest BCUT2D eigenvalue weighted by Crippen LogP contribution is -2.40. The summed E-state index contributed by atoms with van der Waals surface area (Å²) >= 11 is 0. The van der Waals surface area contributed by atoms with Crippen molar-refractivity contribution in [3.8, 4) is 0 Å². The topological polar surface area (TPSA) is 81.3 Å². The minimum absolute atomic E-state index is 0.323. The molecule has 2 rings (SSSR count). The summed E-state index contributed by atoms with van der Waals surface area (Å²) in [4.78, 5) is 21.7. The first-order valence-electron chi connectivity index (χ1n) is 5.93. The minimum atomic E-state index is -0.490. The van der Waals surface area contributed by atoms with Gasteiger partial charge in [0.2, 0.25) is 0 Å². The van der Waals surface area contributed by atoms with E-state index in [9.17, 15) is 4.79 Å². The van der Waals surface area contributed by atoms with Crippen molar-refractivity contribution in [1.29, 1.82) is 0 Å². The van der Waals surface area contributed by atoms with Crippen LogP contribution in [0.25, 0.3) is 0 Å². The van der Waals surface area contributed by atoms with Gasteiger partial charge >= 0.3 is 6.09 Å². The van der Waals surface area contributed by atoms with Crippen molar-refractivity contribution in [1.82, 2.24) is 14.9 Å². The van der Waals surface area contributed by atoms with E-state index in [0.29, 0.717) is 25.3 Å². The Bertz CT molecular complexity index is 468. The van der Waals surface area contributed by atoms with Crippen LogP contribution in [0.15, 0.2) is 6.33 Å². The molecule has 1 amide bonds. The molecule has 18 heavy (non-hydrogen) atoms. The van der Waals surface area contributed by atoms with Crippen LogP contribution in [0.5, 0.6) is 0 Å². The Morgan fingerprint density at radius 3 is 2.83 bits per heavy atom. The van der Waals surface area contributed by atoms with Crippen molar-refractivity contribution < 1.29 is 9.53 Å². The maximum Gasteiger partial charge on any atom is 0.410 e. The van der Waals surface area contributed by atoms with Gasteiger partial charge in [-0.2, -0.15) is 0 Å². The smallest absolute Gasteiger partial charge is 0.410 e. The molecule has 0 radical (unpaired) electrons.